The number of rotatable bonds is 3. The summed E-state index contributed by atoms with van der Waals surface area (Å²) in [6, 6.07) is 5.30. The van der Waals surface area contributed by atoms with E-state index in [2.05, 4.69) is 5.32 Å². The lowest BCUT2D eigenvalue weighted by molar-refractivity contribution is 0.0288. The van der Waals surface area contributed by atoms with Crippen molar-refractivity contribution in [3.63, 3.8) is 0 Å². The van der Waals surface area contributed by atoms with Crippen LogP contribution in [0.5, 0.6) is 11.5 Å². The van der Waals surface area contributed by atoms with E-state index in [1.807, 2.05) is 20.8 Å². The van der Waals surface area contributed by atoms with Crippen LogP contribution < -0.4 is 14.8 Å². The first-order valence-electron chi connectivity index (χ1n) is 8.98. The minimum absolute atomic E-state index is 0.192. The summed E-state index contributed by atoms with van der Waals surface area (Å²) in [7, 11) is 0. The number of carbonyl (C=O) groups excluding carboxylic acids is 2. The summed E-state index contributed by atoms with van der Waals surface area (Å²) in [5.41, 5.74) is -0.0260. The van der Waals surface area contributed by atoms with Gasteiger partial charge < -0.3 is 24.4 Å². The Bertz CT molecular complexity index is 683. The number of hydrogen-bond donors (Lipinski definition) is 1. The van der Waals surface area contributed by atoms with Crippen molar-refractivity contribution in [3.05, 3.63) is 23.8 Å². The smallest absolute Gasteiger partial charge is 0.410 e. The summed E-state index contributed by atoms with van der Waals surface area (Å²) in [5.74, 6) is 1.12. The fraction of sp³-hybridized carbons (Fsp3) is 0.579. The molecule has 1 fully saturated rings. The number of likely N-dealkylation sites (tertiary alicyclic amines) is 1. The van der Waals surface area contributed by atoms with Crippen LogP contribution in [0.4, 0.5) is 4.79 Å². The highest BCUT2D eigenvalue weighted by atomic mass is 16.6. The molecule has 0 spiro atoms. The average molecular weight is 362 g/mol. The van der Waals surface area contributed by atoms with Gasteiger partial charge in [-0.3, -0.25) is 4.79 Å². The number of nitrogens with zero attached hydrogens (tertiary/aromatic N) is 1. The van der Waals surface area contributed by atoms with E-state index in [4.69, 9.17) is 14.2 Å². The molecule has 0 radical (unpaired) electrons. The van der Waals surface area contributed by atoms with E-state index in [0.717, 1.165) is 6.42 Å². The number of ether oxygens (including phenoxy) is 3. The number of para-hydroxylation sites is 1. The van der Waals surface area contributed by atoms with Crippen molar-refractivity contribution in [3.8, 4) is 11.5 Å². The summed E-state index contributed by atoms with van der Waals surface area (Å²) < 4.78 is 16.5. The zero-order chi connectivity index (χ0) is 18.7. The summed E-state index contributed by atoms with van der Waals surface area (Å²) in [6.07, 6.45) is 0.542. The molecule has 142 valence electrons. The van der Waals surface area contributed by atoms with Gasteiger partial charge in [-0.05, 0) is 45.2 Å². The first kappa shape index (κ1) is 18.4. The molecule has 0 aromatic heterocycles. The monoisotopic (exact) mass is 362 g/mol. The van der Waals surface area contributed by atoms with Crippen molar-refractivity contribution >= 4 is 12.0 Å². The van der Waals surface area contributed by atoms with E-state index in [9.17, 15) is 9.59 Å². The molecule has 0 bridgehead atoms. The standard InChI is InChI=1S/C19H26N2O5/c1-19(2,3)26-18(23)21-8-7-13(12-21)11-20-17(22)14-5-4-6-15-16(14)25-10-9-24-15/h4-6,13H,7-12H2,1-3H3,(H,20,22)/t13-/m0/s1. The van der Waals surface area contributed by atoms with Gasteiger partial charge in [-0.15, -0.1) is 0 Å². The summed E-state index contributed by atoms with van der Waals surface area (Å²) in [5, 5.41) is 2.95. The van der Waals surface area contributed by atoms with Gasteiger partial charge in [0.15, 0.2) is 11.5 Å². The van der Waals surface area contributed by atoms with Gasteiger partial charge in [-0.25, -0.2) is 4.79 Å². The molecular weight excluding hydrogens is 336 g/mol. The predicted octanol–water partition coefficient (Wildman–Crippen LogP) is 2.44. The first-order chi connectivity index (χ1) is 12.3. The molecule has 2 aliphatic rings. The molecule has 1 aromatic rings. The van der Waals surface area contributed by atoms with Gasteiger partial charge in [0, 0.05) is 19.6 Å². The van der Waals surface area contributed by atoms with Crippen molar-refractivity contribution in [2.24, 2.45) is 5.92 Å². The van der Waals surface area contributed by atoms with E-state index in [1.54, 1.807) is 23.1 Å². The maximum Gasteiger partial charge on any atom is 0.410 e. The Kier molecular flexibility index (Phi) is 5.25. The molecule has 0 unspecified atom stereocenters. The molecule has 2 amide bonds. The quantitative estimate of drug-likeness (QED) is 0.894. The molecule has 1 N–H and O–H groups in total. The Balaban J connectivity index is 1.52. The van der Waals surface area contributed by atoms with Crippen LogP contribution in [-0.2, 0) is 4.74 Å². The topological polar surface area (TPSA) is 77.1 Å². The fourth-order valence-corrected chi connectivity index (χ4v) is 3.08. The molecular formula is C19H26N2O5. The first-order valence-corrected chi connectivity index (χ1v) is 8.98. The van der Waals surface area contributed by atoms with Crippen LogP contribution in [0.2, 0.25) is 0 Å². The maximum absolute atomic E-state index is 12.5. The maximum atomic E-state index is 12.5. The third-order valence-corrected chi connectivity index (χ3v) is 4.30. The molecule has 0 aliphatic carbocycles. The summed E-state index contributed by atoms with van der Waals surface area (Å²) in [4.78, 5) is 26.3. The molecule has 1 aromatic carbocycles. The Labute approximate surface area is 153 Å². The van der Waals surface area contributed by atoms with Crippen molar-refractivity contribution in [1.82, 2.24) is 10.2 Å². The molecule has 1 saturated heterocycles. The third-order valence-electron chi connectivity index (χ3n) is 4.30. The predicted molar refractivity (Wildman–Crippen MR) is 95.7 cm³/mol. The lowest BCUT2D eigenvalue weighted by Crippen LogP contribution is -2.36. The van der Waals surface area contributed by atoms with Crippen molar-refractivity contribution in [1.29, 1.82) is 0 Å². The Morgan fingerprint density at radius 3 is 2.81 bits per heavy atom. The lowest BCUT2D eigenvalue weighted by atomic mass is 10.1. The van der Waals surface area contributed by atoms with E-state index in [-0.39, 0.29) is 17.9 Å². The van der Waals surface area contributed by atoms with Crippen LogP contribution in [0.15, 0.2) is 18.2 Å². The minimum atomic E-state index is -0.502. The highest BCUT2D eigenvalue weighted by Gasteiger charge is 2.30. The number of nitrogens with one attached hydrogen (secondary N) is 1. The van der Waals surface area contributed by atoms with E-state index in [1.165, 1.54) is 0 Å². The molecule has 7 heteroatoms. The van der Waals surface area contributed by atoms with Crippen LogP contribution >= 0.6 is 0 Å². The van der Waals surface area contributed by atoms with Crippen LogP contribution in [0, 0.1) is 5.92 Å². The average Bonchev–Trinajstić information content (AvgIpc) is 3.07. The highest BCUT2D eigenvalue weighted by Crippen LogP contribution is 2.33. The normalized spacial score (nSPS) is 19.2. The van der Waals surface area contributed by atoms with Crippen LogP contribution in [0.3, 0.4) is 0 Å². The second kappa shape index (κ2) is 7.43. The van der Waals surface area contributed by atoms with Crippen molar-refractivity contribution in [2.45, 2.75) is 32.8 Å². The van der Waals surface area contributed by atoms with Gasteiger partial charge in [0.2, 0.25) is 0 Å². The number of amides is 2. The second-order valence-electron chi connectivity index (χ2n) is 7.62. The van der Waals surface area contributed by atoms with Crippen LogP contribution in [0.1, 0.15) is 37.6 Å². The summed E-state index contributed by atoms with van der Waals surface area (Å²) in [6.45, 7) is 8.21. The lowest BCUT2D eigenvalue weighted by Gasteiger charge is -2.24. The van der Waals surface area contributed by atoms with E-state index < -0.39 is 5.60 Å². The molecule has 3 rings (SSSR count). The molecule has 0 saturated carbocycles. The van der Waals surface area contributed by atoms with E-state index >= 15 is 0 Å². The number of carbonyl (C=O) groups is 2. The van der Waals surface area contributed by atoms with Crippen molar-refractivity contribution < 1.29 is 23.8 Å². The van der Waals surface area contributed by atoms with Gasteiger partial charge in [-0.2, -0.15) is 0 Å². The Hall–Kier alpha value is -2.44. The van der Waals surface area contributed by atoms with Gasteiger partial charge in [-0.1, -0.05) is 6.07 Å². The largest absolute Gasteiger partial charge is 0.486 e. The Morgan fingerprint density at radius 2 is 2.04 bits per heavy atom. The zero-order valence-corrected chi connectivity index (χ0v) is 15.5. The summed E-state index contributed by atoms with van der Waals surface area (Å²) >= 11 is 0. The van der Waals surface area contributed by atoms with Gasteiger partial charge in [0.1, 0.15) is 18.8 Å². The van der Waals surface area contributed by atoms with Crippen LogP contribution in [-0.4, -0.2) is 55.3 Å². The minimum Gasteiger partial charge on any atom is -0.486 e. The van der Waals surface area contributed by atoms with Gasteiger partial charge >= 0.3 is 6.09 Å². The zero-order valence-electron chi connectivity index (χ0n) is 15.5. The SMILES string of the molecule is CC(C)(C)OC(=O)N1CC[C@@H](CNC(=O)c2cccc3c2OCCO3)C1. The van der Waals surface area contributed by atoms with Gasteiger partial charge in [0.25, 0.3) is 5.91 Å². The molecule has 2 aliphatic heterocycles. The third kappa shape index (κ3) is 4.39. The van der Waals surface area contributed by atoms with Crippen molar-refractivity contribution in [2.75, 3.05) is 32.8 Å². The number of hydrogen-bond acceptors (Lipinski definition) is 5. The molecule has 7 nitrogen and oxygen atoms in total. The molecule has 26 heavy (non-hydrogen) atoms. The second-order valence-corrected chi connectivity index (χ2v) is 7.62. The highest BCUT2D eigenvalue weighted by molar-refractivity contribution is 5.97. The fourth-order valence-electron chi connectivity index (χ4n) is 3.08. The van der Waals surface area contributed by atoms with Gasteiger partial charge in [0.05, 0.1) is 5.56 Å². The molecule has 2 heterocycles. The number of benzene rings is 1. The number of fused-ring (bicyclic) bond motifs is 1. The van der Waals surface area contributed by atoms with E-state index in [0.29, 0.717) is 49.9 Å². The van der Waals surface area contributed by atoms with Crippen LogP contribution in [0.25, 0.3) is 0 Å². The Morgan fingerprint density at radius 1 is 1.27 bits per heavy atom. The molecule has 1 atom stereocenters.